The Bertz CT molecular complexity index is 1400. The fourth-order valence-electron chi connectivity index (χ4n) is 3.82. The number of aromatic nitrogens is 4. The van der Waals surface area contributed by atoms with Gasteiger partial charge in [0, 0.05) is 17.6 Å². The monoisotopic (exact) mass is 534 g/mol. The zero-order valence-corrected chi connectivity index (χ0v) is 20.5. The van der Waals surface area contributed by atoms with Crippen molar-refractivity contribution in [3.05, 3.63) is 52.7 Å². The molecular formula is C23H21ClF2N6O5. The maximum atomic E-state index is 13.7. The second kappa shape index (κ2) is 9.73. The molecule has 0 radical (unpaired) electrons. The Morgan fingerprint density at radius 2 is 1.86 bits per heavy atom. The van der Waals surface area contributed by atoms with Gasteiger partial charge in [0.05, 0.1) is 17.1 Å². The summed E-state index contributed by atoms with van der Waals surface area (Å²) in [7, 11) is 1.54. The average Bonchev–Trinajstić information content (AvgIpc) is 3.25. The minimum absolute atomic E-state index is 0.118. The molecule has 11 nitrogen and oxygen atoms in total. The minimum atomic E-state index is -3.62. The molecule has 3 atom stereocenters. The Kier molecular flexibility index (Phi) is 6.82. The number of halogens is 3. The highest BCUT2D eigenvalue weighted by Crippen LogP contribution is 2.55. The number of hydrogen-bond acceptors (Lipinski definition) is 7. The van der Waals surface area contributed by atoms with Crippen molar-refractivity contribution in [2.45, 2.75) is 25.9 Å². The number of amides is 2. The number of carboxylic acids is 1. The van der Waals surface area contributed by atoms with E-state index in [0.29, 0.717) is 10.6 Å². The van der Waals surface area contributed by atoms with Gasteiger partial charge in [-0.25, -0.2) is 23.2 Å². The molecule has 2 amide bonds. The van der Waals surface area contributed by atoms with Crippen LogP contribution in [0.1, 0.15) is 24.3 Å². The Labute approximate surface area is 213 Å². The van der Waals surface area contributed by atoms with E-state index in [1.165, 1.54) is 23.7 Å². The van der Waals surface area contributed by atoms with Crippen LogP contribution in [0.25, 0.3) is 11.4 Å². The van der Waals surface area contributed by atoms with Gasteiger partial charge >= 0.3 is 12.1 Å². The van der Waals surface area contributed by atoms with Gasteiger partial charge in [-0.1, -0.05) is 35.0 Å². The van der Waals surface area contributed by atoms with E-state index < -0.39 is 41.8 Å². The lowest BCUT2D eigenvalue weighted by Gasteiger charge is -2.15. The first-order valence-corrected chi connectivity index (χ1v) is 11.3. The molecule has 1 fully saturated rings. The number of hydrogen-bond donors (Lipinski definition) is 3. The lowest BCUT2D eigenvalue weighted by molar-refractivity contribution is -0.141. The number of anilines is 2. The van der Waals surface area contributed by atoms with Gasteiger partial charge in [0.2, 0.25) is 5.91 Å². The fraction of sp³-hybridized carbons (Fsp3) is 0.304. The van der Waals surface area contributed by atoms with E-state index in [9.17, 15) is 23.2 Å². The molecule has 2 heterocycles. The Hall–Kier alpha value is -4.13. The summed E-state index contributed by atoms with van der Waals surface area (Å²) in [6.07, 6.45) is -1.45. The van der Waals surface area contributed by atoms with Crippen LogP contribution in [0.15, 0.2) is 36.4 Å². The first-order valence-electron chi connectivity index (χ1n) is 10.9. The number of carbonyl (C=O) groups excluding carboxylic acids is 2. The van der Waals surface area contributed by atoms with Crippen LogP contribution in [-0.4, -0.2) is 49.0 Å². The maximum absolute atomic E-state index is 13.7. The van der Waals surface area contributed by atoms with E-state index in [4.69, 9.17) is 21.4 Å². The minimum Gasteiger partial charge on any atom is -0.481 e. The third-order valence-electron chi connectivity index (χ3n) is 5.86. The van der Waals surface area contributed by atoms with Gasteiger partial charge in [-0.15, -0.1) is 5.10 Å². The zero-order valence-electron chi connectivity index (χ0n) is 19.7. The molecule has 0 aliphatic heterocycles. The predicted octanol–water partition coefficient (Wildman–Crippen LogP) is 4.05. The highest BCUT2D eigenvalue weighted by molar-refractivity contribution is 6.31. The zero-order chi connectivity index (χ0) is 27.1. The first kappa shape index (κ1) is 25.9. The van der Waals surface area contributed by atoms with Crippen LogP contribution >= 0.6 is 11.6 Å². The van der Waals surface area contributed by atoms with E-state index in [1.807, 2.05) is 0 Å². The number of nitrogens with zero attached hydrogens (tertiary/aromatic N) is 4. The van der Waals surface area contributed by atoms with Gasteiger partial charge < -0.3 is 15.2 Å². The van der Waals surface area contributed by atoms with Gasteiger partial charge in [-0.3, -0.25) is 14.9 Å². The van der Waals surface area contributed by atoms with Crippen LogP contribution in [-0.2, 0) is 21.4 Å². The van der Waals surface area contributed by atoms with Crippen molar-refractivity contribution in [1.29, 1.82) is 0 Å². The number of aliphatic carboxylic acids is 1. The standard InChI is InChI=1S/C23H21ClF2N6O5/c1-10-14(28-20(33)16-17(21(34)35)23(16,25)26)8-9-15(27-10)18-19(32(3)31-30-18)29-22(36)37-11(2)12-6-4-5-7-13(12)24/h4-9,11,16-17H,1-3H3,(H,28,33)(H,29,36)(H,34,35). The molecule has 194 valence electrons. The molecule has 0 saturated heterocycles. The molecule has 3 aromatic rings. The summed E-state index contributed by atoms with van der Waals surface area (Å²) in [6.45, 7) is 3.18. The molecule has 4 rings (SSSR count). The number of pyridine rings is 1. The van der Waals surface area contributed by atoms with Gasteiger partial charge in [0.1, 0.15) is 17.9 Å². The summed E-state index contributed by atoms with van der Waals surface area (Å²) < 4.78 is 34.1. The summed E-state index contributed by atoms with van der Waals surface area (Å²) in [6, 6.07) is 9.78. The van der Waals surface area contributed by atoms with Crippen molar-refractivity contribution in [2.75, 3.05) is 10.6 Å². The average molecular weight is 535 g/mol. The van der Waals surface area contributed by atoms with Gasteiger partial charge in [-0.2, -0.15) is 0 Å². The largest absolute Gasteiger partial charge is 0.481 e. The van der Waals surface area contributed by atoms with Crippen LogP contribution in [0.2, 0.25) is 5.02 Å². The van der Waals surface area contributed by atoms with Crippen LogP contribution in [0.3, 0.4) is 0 Å². The summed E-state index contributed by atoms with van der Waals surface area (Å²) in [5.74, 6) is -10.3. The van der Waals surface area contributed by atoms with E-state index in [2.05, 4.69) is 25.9 Å². The third kappa shape index (κ3) is 5.07. The van der Waals surface area contributed by atoms with Crippen molar-refractivity contribution in [3.8, 4) is 11.4 Å². The Morgan fingerprint density at radius 3 is 2.49 bits per heavy atom. The summed E-state index contributed by atoms with van der Waals surface area (Å²) in [4.78, 5) is 40.1. The summed E-state index contributed by atoms with van der Waals surface area (Å²) in [5, 5.41) is 22.1. The van der Waals surface area contributed by atoms with Crippen molar-refractivity contribution >= 4 is 41.1 Å². The number of aryl methyl sites for hydroxylation is 2. The molecule has 3 N–H and O–H groups in total. The van der Waals surface area contributed by atoms with Crippen molar-refractivity contribution in [2.24, 2.45) is 18.9 Å². The molecule has 1 aliphatic carbocycles. The van der Waals surface area contributed by atoms with Crippen molar-refractivity contribution in [3.63, 3.8) is 0 Å². The number of rotatable bonds is 7. The van der Waals surface area contributed by atoms with Gasteiger partial charge in [0.15, 0.2) is 11.5 Å². The van der Waals surface area contributed by atoms with Gasteiger partial charge in [0.25, 0.3) is 5.92 Å². The highest BCUT2D eigenvalue weighted by atomic mass is 35.5. The first-order chi connectivity index (χ1) is 17.4. The van der Waals surface area contributed by atoms with Crippen molar-refractivity contribution < 1.29 is 33.0 Å². The maximum Gasteiger partial charge on any atom is 0.413 e. The molecule has 14 heteroatoms. The number of ether oxygens (including phenoxy) is 1. The van der Waals surface area contributed by atoms with Crippen molar-refractivity contribution in [1.82, 2.24) is 20.0 Å². The lowest BCUT2D eigenvalue weighted by Crippen LogP contribution is -2.19. The van der Waals surface area contributed by atoms with Crippen LogP contribution in [0.4, 0.5) is 25.1 Å². The van der Waals surface area contributed by atoms with E-state index >= 15 is 0 Å². The van der Waals surface area contributed by atoms with Crippen LogP contribution < -0.4 is 10.6 Å². The molecule has 37 heavy (non-hydrogen) atoms. The predicted molar refractivity (Wildman–Crippen MR) is 127 cm³/mol. The molecule has 3 unspecified atom stereocenters. The molecule has 1 aromatic carbocycles. The molecule has 0 bridgehead atoms. The molecule has 0 spiro atoms. The molecular weight excluding hydrogens is 514 g/mol. The summed E-state index contributed by atoms with van der Waals surface area (Å²) >= 11 is 6.16. The Morgan fingerprint density at radius 1 is 1.16 bits per heavy atom. The normalized spacial score (nSPS) is 18.5. The lowest BCUT2D eigenvalue weighted by atomic mass is 10.1. The van der Waals surface area contributed by atoms with Gasteiger partial charge in [-0.05, 0) is 32.0 Å². The van der Waals surface area contributed by atoms with E-state index in [1.54, 1.807) is 38.2 Å². The smallest absolute Gasteiger partial charge is 0.413 e. The van der Waals surface area contributed by atoms with Crippen LogP contribution in [0.5, 0.6) is 0 Å². The quantitative estimate of drug-likeness (QED) is 0.411. The SMILES string of the molecule is Cc1nc(-c2nnn(C)c2NC(=O)OC(C)c2ccccc2Cl)ccc1NC(=O)C1C(C(=O)O)C1(F)F. The number of carbonyl (C=O) groups is 3. The topological polar surface area (TPSA) is 148 Å². The number of alkyl halides is 2. The fourth-order valence-corrected chi connectivity index (χ4v) is 4.11. The van der Waals surface area contributed by atoms with E-state index in [0.717, 1.165) is 0 Å². The number of benzene rings is 1. The number of carboxylic acid groups (broad SMARTS) is 1. The molecule has 2 aromatic heterocycles. The second-order valence-corrected chi connectivity index (χ2v) is 8.80. The highest BCUT2D eigenvalue weighted by Gasteiger charge is 2.76. The van der Waals surface area contributed by atoms with E-state index in [-0.39, 0.29) is 28.6 Å². The number of nitrogens with one attached hydrogen (secondary N) is 2. The summed E-state index contributed by atoms with van der Waals surface area (Å²) in [5.41, 5.74) is 1.43. The second-order valence-electron chi connectivity index (χ2n) is 8.39. The molecule has 1 saturated carbocycles. The third-order valence-corrected chi connectivity index (χ3v) is 6.21. The Balaban J connectivity index is 1.48. The molecule has 1 aliphatic rings. The van der Waals surface area contributed by atoms with Crippen LogP contribution in [0, 0.1) is 18.8 Å².